The molecule has 1 unspecified atom stereocenters. The summed E-state index contributed by atoms with van der Waals surface area (Å²) in [6.07, 6.45) is 4.35. The van der Waals surface area contributed by atoms with Crippen molar-refractivity contribution < 1.29 is 4.74 Å². The first-order chi connectivity index (χ1) is 10.2. The molecule has 2 heterocycles. The van der Waals surface area contributed by atoms with E-state index in [1.54, 1.807) is 12.4 Å². The van der Waals surface area contributed by atoms with E-state index in [-0.39, 0.29) is 18.0 Å². The number of ether oxygens (including phenoxy) is 1. The summed E-state index contributed by atoms with van der Waals surface area (Å²) in [7, 11) is 0. The van der Waals surface area contributed by atoms with Crippen LogP contribution in [0.15, 0.2) is 24.5 Å². The van der Waals surface area contributed by atoms with Gasteiger partial charge in [0.05, 0.1) is 12.6 Å². The highest BCUT2D eigenvalue weighted by Crippen LogP contribution is 2.18. The molecule has 2 rings (SSSR count). The molecule has 112 valence electrons. The Morgan fingerprint density at radius 3 is 2.57 bits per heavy atom. The fraction of sp³-hybridized carbons (Fsp3) is 0.385. The molecule has 0 aromatic carbocycles. The van der Waals surface area contributed by atoms with Crippen molar-refractivity contribution >= 4 is 11.9 Å². The molecule has 0 radical (unpaired) electrons. The first-order valence-corrected chi connectivity index (χ1v) is 6.75. The highest BCUT2D eigenvalue weighted by atomic mass is 16.5. The van der Waals surface area contributed by atoms with Crippen LogP contribution in [0.25, 0.3) is 0 Å². The zero-order valence-electron chi connectivity index (χ0n) is 12.1. The number of nitrogen functional groups attached to an aromatic ring is 1. The molecular formula is C13H19N7O. The molecule has 0 saturated carbocycles. The van der Waals surface area contributed by atoms with Crippen LogP contribution in [-0.2, 0) is 0 Å². The number of nitrogens with two attached hydrogens (primary N) is 1. The first-order valence-electron chi connectivity index (χ1n) is 6.75. The van der Waals surface area contributed by atoms with Crippen molar-refractivity contribution in [3.05, 3.63) is 30.1 Å². The summed E-state index contributed by atoms with van der Waals surface area (Å²) in [5.41, 5.74) is 3.48. The van der Waals surface area contributed by atoms with Gasteiger partial charge >= 0.3 is 6.01 Å². The van der Waals surface area contributed by atoms with Gasteiger partial charge in [-0.25, -0.2) is 5.84 Å². The molecule has 0 saturated heterocycles. The fourth-order valence-electron chi connectivity index (χ4n) is 1.67. The Balaban J connectivity index is 2.14. The molecule has 0 bridgehead atoms. The maximum absolute atomic E-state index is 5.42. The molecule has 0 amide bonds. The number of hydrogen-bond donors (Lipinski definition) is 3. The van der Waals surface area contributed by atoms with Crippen LogP contribution in [0.5, 0.6) is 6.01 Å². The Hall–Kier alpha value is -2.48. The lowest BCUT2D eigenvalue weighted by molar-refractivity contribution is 0.292. The molecule has 2 aromatic heterocycles. The fourth-order valence-corrected chi connectivity index (χ4v) is 1.67. The minimum atomic E-state index is 0.0139. The van der Waals surface area contributed by atoms with E-state index in [1.165, 1.54) is 0 Å². The van der Waals surface area contributed by atoms with E-state index in [2.05, 4.69) is 30.7 Å². The van der Waals surface area contributed by atoms with Crippen molar-refractivity contribution in [3.63, 3.8) is 0 Å². The second kappa shape index (κ2) is 7.34. The third-order valence-electron chi connectivity index (χ3n) is 2.73. The highest BCUT2D eigenvalue weighted by molar-refractivity contribution is 5.37. The second-order valence-electron chi connectivity index (χ2n) is 4.40. The molecule has 2 aromatic rings. The number of hydrazine groups is 1. The largest absolute Gasteiger partial charge is 0.463 e. The van der Waals surface area contributed by atoms with Crippen molar-refractivity contribution in [1.29, 1.82) is 0 Å². The van der Waals surface area contributed by atoms with Crippen LogP contribution in [0.4, 0.5) is 11.9 Å². The average Bonchev–Trinajstić information content (AvgIpc) is 2.53. The lowest BCUT2D eigenvalue weighted by Gasteiger charge is -2.15. The monoisotopic (exact) mass is 289 g/mol. The van der Waals surface area contributed by atoms with Crippen molar-refractivity contribution in [2.45, 2.75) is 26.3 Å². The summed E-state index contributed by atoms with van der Waals surface area (Å²) in [4.78, 5) is 16.4. The van der Waals surface area contributed by atoms with Gasteiger partial charge in [-0.15, -0.1) is 0 Å². The molecular weight excluding hydrogens is 270 g/mol. The van der Waals surface area contributed by atoms with E-state index in [4.69, 9.17) is 10.6 Å². The quantitative estimate of drug-likeness (QED) is 0.519. The Kier molecular flexibility index (Phi) is 5.22. The van der Waals surface area contributed by atoms with Gasteiger partial charge in [-0.2, -0.15) is 15.0 Å². The Morgan fingerprint density at radius 1 is 1.19 bits per heavy atom. The molecule has 8 heteroatoms. The molecule has 4 N–H and O–H groups in total. The van der Waals surface area contributed by atoms with E-state index < -0.39 is 0 Å². The SMILES string of the molecule is CCCOc1nc(NN)nc(NC(C)c2ccncc2)n1. The van der Waals surface area contributed by atoms with E-state index in [9.17, 15) is 0 Å². The Labute approximate surface area is 123 Å². The Bertz CT molecular complexity index is 564. The van der Waals surface area contributed by atoms with Gasteiger partial charge in [0.15, 0.2) is 0 Å². The van der Waals surface area contributed by atoms with Crippen LogP contribution in [0, 0.1) is 0 Å². The predicted molar refractivity (Wildman–Crippen MR) is 79.7 cm³/mol. The van der Waals surface area contributed by atoms with Gasteiger partial charge in [-0.1, -0.05) is 6.92 Å². The number of nitrogens with one attached hydrogen (secondary N) is 2. The minimum absolute atomic E-state index is 0.0139. The summed E-state index contributed by atoms with van der Waals surface area (Å²) >= 11 is 0. The topological polar surface area (TPSA) is 111 Å². The second-order valence-corrected chi connectivity index (χ2v) is 4.40. The van der Waals surface area contributed by atoms with Crippen molar-refractivity contribution in [2.24, 2.45) is 5.84 Å². The number of hydrogen-bond acceptors (Lipinski definition) is 8. The zero-order chi connectivity index (χ0) is 15.1. The summed E-state index contributed by atoms with van der Waals surface area (Å²) in [6.45, 7) is 4.54. The predicted octanol–water partition coefficient (Wildman–Crippen LogP) is 1.51. The van der Waals surface area contributed by atoms with Gasteiger partial charge in [-0.05, 0) is 31.0 Å². The molecule has 0 aliphatic carbocycles. The lowest BCUT2D eigenvalue weighted by Crippen LogP contribution is -2.16. The molecule has 0 aliphatic rings. The van der Waals surface area contributed by atoms with E-state index >= 15 is 0 Å². The molecule has 0 aliphatic heterocycles. The van der Waals surface area contributed by atoms with Gasteiger partial charge in [0.25, 0.3) is 0 Å². The van der Waals surface area contributed by atoms with Gasteiger partial charge in [-0.3, -0.25) is 10.4 Å². The van der Waals surface area contributed by atoms with E-state index in [0.717, 1.165) is 12.0 Å². The summed E-state index contributed by atoms with van der Waals surface area (Å²) in [5, 5.41) is 3.18. The smallest absolute Gasteiger partial charge is 0.323 e. The van der Waals surface area contributed by atoms with Crippen molar-refractivity contribution in [2.75, 3.05) is 17.3 Å². The van der Waals surface area contributed by atoms with Gasteiger partial charge in [0.1, 0.15) is 0 Å². The summed E-state index contributed by atoms with van der Waals surface area (Å²) < 4.78 is 5.42. The average molecular weight is 289 g/mol. The minimum Gasteiger partial charge on any atom is -0.463 e. The van der Waals surface area contributed by atoms with Gasteiger partial charge in [0, 0.05) is 12.4 Å². The van der Waals surface area contributed by atoms with Gasteiger partial charge < -0.3 is 10.1 Å². The maximum Gasteiger partial charge on any atom is 0.323 e. The third kappa shape index (κ3) is 4.25. The molecule has 1 atom stereocenters. The Morgan fingerprint density at radius 2 is 1.90 bits per heavy atom. The zero-order valence-corrected chi connectivity index (χ0v) is 12.1. The summed E-state index contributed by atoms with van der Waals surface area (Å²) in [5.74, 6) is 6.01. The molecule has 8 nitrogen and oxygen atoms in total. The highest BCUT2D eigenvalue weighted by Gasteiger charge is 2.10. The van der Waals surface area contributed by atoms with E-state index in [0.29, 0.717) is 12.6 Å². The number of pyridine rings is 1. The van der Waals surface area contributed by atoms with E-state index in [1.807, 2.05) is 26.0 Å². The number of aromatic nitrogens is 4. The molecule has 0 spiro atoms. The van der Waals surface area contributed by atoms with Crippen LogP contribution in [0.1, 0.15) is 31.9 Å². The normalized spacial score (nSPS) is 11.8. The first kappa shape index (κ1) is 14.9. The number of anilines is 2. The number of nitrogens with zero attached hydrogens (tertiary/aromatic N) is 4. The number of rotatable bonds is 7. The lowest BCUT2D eigenvalue weighted by atomic mass is 10.1. The van der Waals surface area contributed by atoms with Crippen LogP contribution in [0.2, 0.25) is 0 Å². The van der Waals surface area contributed by atoms with Crippen molar-refractivity contribution in [3.8, 4) is 6.01 Å². The van der Waals surface area contributed by atoms with Crippen LogP contribution in [0.3, 0.4) is 0 Å². The van der Waals surface area contributed by atoms with Gasteiger partial charge in [0.2, 0.25) is 11.9 Å². The molecule has 21 heavy (non-hydrogen) atoms. The van der Waals surface area contributed by atoms with Crippen LogP contribution < -0.4 is 21.3 Å². The molecule has 0 fully saturated rings. The van der Waals surface area contributed by atoms with Crippen LogP contribution in [-0.4, -0.2) is 26.5 Å². The summed E-state index contributed by atoms with van der Waals surface area (Å²) in [6, 6.07) is 4.11. The third-order valence-corrected chi connectivity index (χ3v) is 2.73. The standard InChI is InChI=1S/C13H19N7O/c1-3-8-21-13-18-11(17-12(19-13)20-14)16-9(2)10-4-6-15-7-5-10/h4-7,9H,3,8,14H2,1-2H3,(H2,16,17,18,19,20). The van der Waals surface area contributed by atoms with Crippen molar-refractivity contribution in [1.82, 2.24) is 19.9 Å². The van der Waals surface area contributed by atoms with Crippen LogP contribution >= 0.6 is 0 Å². The maximum atomic E-state index is 5.42.